The van der Waals surface area contributed by atoms with Crippen LogP contribution in [0.5, 0.6) is 0 Å². The number of hydrogen-bond donors (Lipinski definition) is 0. The van der Waals surface area contributed by atoms with E-state index in [9.17, 15) is 26.7 Å². The zero-order valence-corrected chi connectivity index (χ0v) is 10.8. The summed E-state index contributed by atoms with van der Waals surface area (Å²) in [4.78, 5) is 12.5. The molecule has 0 radical (unpaired) electrons. The van der Waals surface area contributed by atoms with Gasteiger partial charge in [0.25, 0.3) is 5.91 Å². The second-order valence-electron chi connectivity index (χ2n) is 4.35. The lowest BCUT2D eigenvalue weighted by molar-refractivity contribution is -0.140. The molecule has 0 bridgehead atoms. The Labute approximate surface area is 113 Å². The molecule has 0 N–H and O–H groups in total. The number of carbonyl (C=O) groups is 1. The van der Waals surface area contributed by atoms with Crippen LogP contribution in [0.2, 0.25) is 0 Å². The van der Waals surface area contributed by atoms with Crippen molar-refractivity contribution in [3.8, 4) is 0 Å². The summed E-state index contributed by atoms with van der Waals surface area (Å²) in [5, 5.41) is 0. The van der Waals surface area contributed by atoms with Gasteiger partial charge in [0.2, 0.25) is 0 Å². The van der Waals surface area contributed by atoms with Gasteiger partial charge in [-0.2, -0.15) is 13.2 Å². The monoisotopic (exact) mass is 295 g/mol. The van der Waals surface area contributed by atoms with Crippen LogP contribution in [0.3, 0.4) is 0 Å². The molecular formula is C13H14F5NO. The highest BCUT2D eigenvalue weighted by Crippen LogP contribution is 2.19. The van der Waals surface area contributed by atoms with Gasteiger partial charge < -0.3 is 4.90 Å². The zero-order chi connectivity index (χ0) is 15.3. The average Bonchev–Trinajstić information content (AvgIpc) is 2.31. The molecule has 0 saturated carbocycles. The predicted octanol–water partition coefficient (Wildman–Crippen LogP) is 3.77. The normalized spacial score (nSPS) is 11.5. The summed E-state index contributed by atoms with van der Waals surface area (Å²) in [5.74, 6) is -3.04. The second kappa shape index (κ2) is 6.67. The van der Waals surface area contributed by atoms with E-state index in [0.29, 0.717) is 23.8 Å². The van der Waals surface area contributed by atoms with Gasteiger partial charge in [0.15, 0.2) is 0 Å². The van der Waals surface area contributed by atoms with Crippen LogP contribution in [-0.4, -0.2) is 30.1 Å². The predicted molar refractivity (Wildman–Crippen MR) is 63.2 cm³/mol. The highest BCUT2D eigenvalue weighted by atomic mass is 19.4. The van der Waals surface area contributed by atoms with Gasteiger partial charge in [0.05, 0.1) is 0 Å². The van der Waals surface area contributed by atoms with Crippen molar-refractivity contribution < 1.29 is 26.7 Å². The Morgan fingerprint density at radius 3 is 2.15 bits per heavy atom. The molecule has 0 aromatic heterocycles. The number of halogens is 5. The summed E-state index contributed by atoms with van der Waals surface area (Å²) in [6, 6.07) is 2.00. The largest absolute Gasteiger partial charge is 0.406 e. The Bertz CT molecular complexity index is 452. The van der Waals surface area contributed by atoms with Crippen molar-refractivity contribution in [1.29, 1.82) is 0 Å². The van der Waals surface area contributed by atoms with Gasteiger partial charge in [-0.25, -0.2) is 8.78 Å². The molecule has 1 amide bonds. The smallest absolute Gasteiger partial charge is 0.330 e. The quantitative estimate of drug-likeness (QED) is 0.757. The molecule has 0 heterocycles. The van der Waals surface area contributed by atoms with Gasteiger partial charge in [0, 0.05) is 18.2 Å². The van der Waals surface area contributed by atoms with Crippen LogP contribution < -0.4 is 0 Å². The molecule has 1 rings (SSSR count). The molecule has 1 aromatic rings. The Hall–Kier alpha value is -1.66. The lowest BCUT2D eigenvalue weighted by Crippen LogP contribution is -2.39. The standard InChI is InChI=1S/C13H14F5NO/c1-2-3-4-19(8-13(16,17)18)12(20)9-5-10(14)7-11(15)6-9/h5-7H,2-4,8H2,1H3. The Kier molecular flexibility index (Phi) is 5.47. The third-order valence-corrected chi connectivity index (χ3v) is 2.55. The molecular weight excluding hydrogens is 281 g/mol. The van der Waals surface area contributed by atoms with Crippen molar-refractivity contribution in [2.75, 3.05) is 13.1 Å². The SMILES string of the molecule is CCCCN(CC(F)(F)F)C(=O)c1cc(F)cc(F)c1. The van der Waals surface area contributed by atoms with E-state index < -0.39 is 35.8 Å². The van der Waals surface area contributed by atoms with Crippen molar-refractivity contribution in [3.05, 3.63) is 35.4 Å². The third kappa shape index (κ3) is 5.14. The van der Waals surface area contributed by atoms with Crippen molar-refractivity contribution >= 4 is 5.91 Å². The number of alkyl halides is 3. The number of hydrogen-bond acceptors (Lipinski definition) is 1. The first-order chi connectivity index (χ1) is 9.23. The molecule has 20 heavy (non-hydrogen) atoms. The molecule has 0 aliphatic heterocycles. The molecule has 0 aliphatic carbocycles. The second-order valence-corrected chi connectivity index (χ2v) is 4.35. The maximum absolute atomic E-state index is 13.0. The van der Waals surface area contributed by atoms with E-state index in [1.807, 2.05) is 0 Å². The minimum absolute atomic E-state index is 0.118. The van der Waals surface area contributed by atoms with Crippen LogP contribution in [0.4, 0.5) is 22.0 Å². The lowest BCUT2D eigenvalue weighted by atomic mass is 10.1. The molecule has 1 aromatic carbocycles. The Morgan fingerprint density at radius 2 is 1.70 bits per heavy atom. The van der Waals surface area contributed by atoms with Gasteiger partial charge in [-0.15, -0.1) is 0 Å². The first-order valence-electron chi connectivity index (χ1n) is 6.05. The average molecular weight is 295 g/mol. The fourth-order valence-electron chi connectivity index (χ4n) is 1.68. The molecule has 0 saturated heterocycles. The minimum atomic E-state index is -4.56. The topological polar surface area (TPSA) is 20.3 Å². The van der Waals surface area contributed by atoms with Gasteiger partial charge in [-0.05, 0) is 18.6 Å². The fourth-order valence-corrected chi connectivity index (χ4v) is 1.68. The minimum Gasteiger partial charge on any atom is -0.330 e. The molecule has 0 atom stereocenters. The van der Waals surface area contributed by atoms with Gasteiger partial charge >= 0.3 is 6.18 Å². The van der Waals surface area contributed by atoms with E-state index in [2.05, 4.69) is 0 Å². The molecule has 2 nitrogen and oxygen atoms in total. The molecule has 7 heteroatoms. The van der Waals surface area contributed by atoms with Crippen molar-refractivity contribution in [2.24, 2.45) is 0 Å². The molecule has 112 valence electrons. The number of carbonyl (C=O) groups excluding carboxylic acids is 1. The van der Waals surface area contributed by atoms with E-state index in [-0.39, 0.29) is 6.54 Å². The Balaban J connectivity index is 2.96. The first kappa shape index (κ1) is 16.4. The lowest BCUT2D eigenvalue weighted by Gasteiger charge is -2.24. The van der Waals surface area contributed by atoms with Gasteiger partial charge in [0.1, 0.15) is 18.2 Å². The maximum Gasteiger partial charge on any atom is 0.406 e. The summed E-state index contributed by atoms with van der Waals surface area (Å²) in [6.45, 7) is 0.203. The van der Waals surface area contributed by atoms with Crippen LogP contribution in [0.15, 0.2) is 18.2 Å². The zero-order valence-electron chi connectivity index (χ0n) is 10.8. The van der Waals surface area contributed by atoms with E-state index in [1.165, 1.54) is 0 Å². The van der Waals surface area contributed by atoms with E-state index in [1.54, 1.807) is 6.92 Å². The molecule has 0 fully saturated rings. The van der Waals surface area contributed by atoms with Crippen molar-refractivity contribution in [3.63, 3.8) is 0 Å². The van der Waals surface area contributed by atoms with Crippen LogP contribution >= 0.6 is 0 Å². The summed E-state index contributed by atoms with van der Waals surface area (Å²) in [6.07, 6.45) is -3.59. The van der Waals surface area contributed by atoms with E-state index in [0.717, 1.165) is 12.1 Å². The fraction of sp³-hybridized carbons (Fsp3) is 0.462. The summed E-state index contributed by atoms with van der Waals surface area (Å²) < 4.78 is 63.3. The van der Waals surface area contributed by atoms with Crippen LogP contribution in [-0.2, 0) is 0 Å². The number of benzene rings is 1. The molecule has 0 aliphatic rings. The highest BCUT2D eigenvalue weighted by molar-refractivity contribution is 5.94. The van der Waals surface area contributed by atoms with Crippen LogP contribution in [0.1, 0.15) is 30.1 Å². The van der Waals surface area contributed by atoms with Crippen molar-refractivity contribution in [1.82, 2.24) is 4.90 Å². The van der Waals surface area contributed by atoms with Crippen molar-refractivity contribution in [2.45, 2.75) is 25.9 Å². The van der Waals surface area contributed by atoms with Crippen LogP contribution in [0, 0.1) is 11.6 Å². The summed E-state index contributed by atoms with van der Waals surface area (Å²) in [5.41, 5.74) is -0.428. The first-order valence-corrected chi connectivity index (χ1v) is 6.05. The van der Waals surface area contributed by atoms with E-state index in [4.69, 9.17) is 0 Å². The van der Waals surface area contributed by atoms with Gasteiger partial charge in [-0.3, -0.25) is 4.79 Å². The van der Waals surface area contributed by atoms with E-state index >= 15 is 0 Å². The number of nitrogens with zero attached hydrogens (tertiary/aromatic N) is 1. The van der Waals surface area contributed by atoms with Crippen LogP contribution in [0.25, 0.3) is 0 Å². The number of unbranched alkanes of at least 4 members (excludes halogenated alkanes) is 1. The maximum atomic E-state index is 13.0. The molecule has 0 unspecified atom stereocenters. The molecule has 0 spiro atoms. The number of rotatable bonds is 5. The third-order valence-electron chi connectivity index (χ3n) is 2.55. The Morgan fingerprint density at radius 1 is 1.15 bits per heavy atom. The number of amides is 1. The van der Waals surface area contributed by atoms with Gasteiger partial charge in [-0.1, -0.05) is 13.3 Å². The summed E-state index contributed by atoms with van der Waals surface area (Å²) >= 11 is 0. The highest BCUT2D eigenvalue weighted by Gasteiger charge is 2.33. The summed E-state index contributed by atoms with van der Waals surface area (Å²) in [7, 11) is 0.